The standard InChI is InChI=1S/C8H8F3N3.ClH/c9-4-1-6(10)5(7(11)2-4)3-14-8(12)13;/h1-2H,3H2,(H4,12,13,14);1H. The molecule has 4 N–H and O–H groups in total. The lowest BCUT2D eigenvalue weighted by molar-refractivity contribution is 0.524. The number of aliphatic imine (C=N–C) groups is 1. The van der Waals surface area contributed by atoms with E-state index in [1.807, 2.05) is 0 Å². The van der Waals surface area contributed by atoms with Gasteiger partial charge >= 0.3 is 0 Å². The van der Waals surface area contributed by atoms with E-state index >= 15 is 0 Å². The minimum Gasteiger partial charge on any atom is -0.370 e. The van der Waals surface area contributed by atoms with Crippen LogP contribution in [0.3, 0.4) is 0 Å². The average Bonchev–Trinajstić information content (AvgIpc) is 2.01. The van der Waals surface area contributed by atoms with Gasteiger partial charge in [-0.3, -0.25) is 0 Å². The minimum atomic E-state index is -1.01. The molecule has 0 atom stereocenters. The highest BCUT2D eigenvalue weighted by Crippen LogP contribution is 2.15. The monoisotopic (exact) mass is 239 g/mol. The van der Waals surface area contributed by atoms with Gasteiger partial charge in [-0.15, -0.1) is 12.4 Å². The number of nitrogens with two attached hydrogens (primary N) is 2. The molecule has 15 heavy (non-hydrogen) atoms. The van der Waals surface area contributed by atoms with Crippen molar-refractivity contribution in [2.24, 2.45) is 16.5 Å². The van der Waals surface area contributed by atoms with E-state index in [1.165, 1.54) is 0 Å². The number of rotatable bonds is 2. The summed E-state index contributed by atoms with van der Waals surface area (Å²) in [6, 6.07) is 1.14. The summed E-state index contributed by atoms with van der Waals surface area (Å²) in [6.07, 6.45) is 0. The second-order valence-electron chi connectivity index (χ2n) is 2.59. The third-order valence-corrected chi connectivity index (χ3v) is 1.53. The molecule has 1 aromatic rings. The Labute approximate surface area is 90.4 Å². The van der Waals surface area contributed by atoms with Gasteiger partial charge in [0.25, 0.3) is 0 Å². The highest BCUT2D eigenvalue weighted by Gasteiger charge is 2.10. The molecule has 3 nitrogen and oxygen atoms in total. The Bertz CT molecular complexity index is 354. The number of nitrogens with zero attached hydrogens (tertiary/aromatic N) is 1. The Morgan fingerprint density at radius 1 is 1.13 bits per heavy atom. The number of guanidine groups is 1. The summed E-state index contributed by atoms with van der Waals surface area (Å²) >= 11 is 0. The van der Waals surface area contributed by atoms with E-state index in [9.17, 15) is 13.2 Å². The van der Waals surface area contributed by atoms with E-state index in [1.54, 1.807) is 0 Å². The fourth-order valence-corrected chi connectivity index (χ4v) is 0.893. The molecule has 0 bridgehead atoms. The van der Waals surface area contributed by atoms with E-state index in [0.29, 0.717) is 12.1 Å². The van der Waals surface area contributed by atoms with Crippen molar-refractivity contribution in [3.63, 3.8) is 0 Å². The Morgan fingerprint density at radius 2 is 1.60 bits per heavy atom. The molecule has 0 saturated heterocycles. The van der Waals surface area contributed by atoms with Crippen LogP contribution in [-0.4, -0.2) is 5.96 Å². The van der Waals surface area contributed by atoms with Gasteiger partial charge in [0.05, 0.1) is 6.54 Å². The molecule has 0 unspecified atom stereocenters. The number of hydrogen-bond acceptors (Lipinski definition) is 1. The van der Waals surface area contributed by atoms with Crippen molar-refractivity contribution in [3.8, 4) is 0 Å². The van der Waals surface area contributed by atoms with Crippen LogP contribution in [-0.2, 0) is 6.54 Å². The Kier molecular flexibility index (Phi) is 4.93. The number of hydrogen-bond donors (Lipinski definition) is 2. The summed E-state index contributed by atoms with van der Waals surface area (Å²) in [5, 5.41) is 0. The maximum Gasteiger partial charge on any atom is 0.186 e. The van der Waals surface area contributed by atoms with Gasteiger partial charge in [-0.25, -0.2) is 18.2 Å². The van der Waals surface area contributed by atoms with Crippen molar-refractivity contribution in [3.05, 3.63) is 35.1 Å². The highest BCUT2D eigenvalue weighted by atomic mass is 35.5. The van der Waals surface area contributed by atoms with Crippen LogP contribution in [0.4, 0.5) is 13.2 Å². The molecule has 0 aliphatic heterocycles. The van der Waals surface area contributed by atoms with Crippen molar-refractivity contribution in [1.29, 1.82) is 0 Å². The summed E-state index contributed by atoms with van der Waals surface area (Å²) in [7, 11) is 0. The molecule has 0 aliphatic carbocycles. The zero-order valence-electron chi connectivity index (χ0n) is 7.51. The fourth-order valence-electron chi connectivity index (χ4n) is 0.893. The molecule has 0 radical (unpaired) electrons. The second kappa shape index (κ2) is 5.45. The SMILES string of the molecule is Cl.NC(N)=NCc1c(F)cc(F)cc1F. The van der Waals surface area contributed by atoms with Crippen LogP contribution in [0.15, 0.2) is 17.1 Å². The van der Waals surface area contributed by atoms with Crippen LogP contribution in [0.25, 0.3) is 0 Å². The smallest absolute Gasteiger partial charge is 0.186 e. The molecule has 0 aliphatic rings. The maximum absolute atomic E-state index is 12.9. The van der Waals surface area contributed by atoms with Gasteiger partial charge < -0.3 is 11.5 Å². The van der Waals surface area contributed by atoms with E-state index in [4.69, 9.17) is 11.5 Å². The van der Waals surface area contributed by atoms with E-state index in [0.717, 1.165) is 0 Å². The third-order valence-electron chi connectivity index (χ3n) is 1.53. The largest absolute Gasteiger partial charge is 0.370 e. The quantitative estimate of drug-likeness (QED) is 0.604. The molecule has 84 valence electrons. The zero-order valence-corrected chi connectivity index (χ0v) is 8.32. The number of halogens is 4. The predicted octanol–water partition coefficient (Wildman–Crippen LogP) is 1.30. The Morgan fingerprint density at radius 3 is 2.00 bits per heavy atom. The lowest BCUT2D eigenvalue weighted by Gasteiger charge is -2.01. The highest BCUT2D eigenvalue weighted by molar-refractivity contribution is 5.85. The summed E-state index contributed by atoms with van der Waals surface area (Å²) in [5.41, 5.74) is 9.60. The van der Waals surface area contributed by atoms with Gasteiger partial charge in [0.15, 0.2) is 5.96 Å². The van der Waals surface area contributed by atoms with Crippen molar-refractivity contribution in [2.45, 2.75) is 6.54 Å². The average molecular weight is 240 g/mol. The van der Waals surface area contributed by atoms with Crippen molar-refractivity contribution >= 4 is 18.4 Å². The van der Waals surface area contributed by atoms with Gasteiger partial charge in [-0.05, 0) is 0 Å². The number of benzene rings is 1. The van der Waals surface area contributed by atoms with Crippen LogP contribution in [0, 0.1) is 17.5 Å². The van der Waals surface area contributed by atoms with E-state index in [-0.39, 0.29) is 30.5 Å². The molecule has 0 amide bonds. The van der Waals surface area contributed by atoms with Crippen molar-refractivity contribution in [1.82, 2.24) is 0 Å². The Balaban J connectivity index is 0.00000196. The molecule has 1 rings (SSSR count). The van der Waals surface area contributed by atoms with Crippen LogP contribution >= 0.6 is 12.4 Å². The lowest BCUT2D eigenvalue weighted by Crippen LogP contribution is -2.22. The summed E-state index contributed by atoms with van der Waals surface area (Å²) < 4.78 is 38.3. The lowest BCUT2D eigenvalue weighted by atomic mass is 10.2. The predicted molar refractivity (Wildman–Crippen MR) is 53.1 cm³/mol. The van der Waals surface area contributed by atoms with Gasteiger partial charge in [-0.2, -0.15) is 0 Å². The topological polar surface area (TPSA) is 64.4 Å². The van der Waals surface area contributed by atoms with Crippen molar-refractivity contribution < 1.29 is 13.2 Å². The maximum atomic E-state index is 12.9. The molecule has 0 saturated carbocycles. The Hall–Kier alpha value is -1.43. The summed E-state index contributed by atoms with van der Waals surface area (Å²) in [5.74, 6) is -3.28. The van der Waals surface area contributed by atoms with Crippen molar-refractivity contribution in [2.75, 3.05) is 0 Å². The minimum absolute atomic E-state index is 0. The van der Waals surface area contributed by atoms with Crippen LogP contribution in [0.5, 0.6) is 0 Å². The van der Waals surface area contributed by atoms with Gasteiger partial charge in [0.1, 0.15) is 17.5 Å². The van der Waals surface area contributed by atoms with E-state index in [2.05, 4.69) is 4.99 Å². The van der Waals surface area contributed by atoms with E-state index < -0.39 is 17.5 Å². The van der Waals surface area contributed by atoms with Crippen LogP contribution in [0.1, 0.15) is 5.56 Å². The molecule has 0 fully saturated rings. The molecule has 1 aromatic carbocycles. The van der Waals surface area contributed by atoms with Crippen LogP contribution < -0.4 is 11.5 Å². The first-order chi connectivity index (χ1) is 6.50. The molecule has 0 aromatic heterocycles. The zero-order chi connectivity index (χ0) is 10.7. The van der Waals surface area contributed by atoms with Gasteiger partial charge in [0.2, 0.25) is 0 Å². The van der Waals surface area contributed by atoms with Gasteiger partial charge in [0, 0.05) is 17.7 Å². The summed E-state index contributed by atoms with van der Waals surface area (Å²) in [4.78, 5) is 3.42. The molecule has 7 heteroatoms. The second-order valence-corrected chi connectivity index (χ2v) is 2.59. The first-order valence-electron chi connectivity index (χ1n) is 3.69. The first kappa shape index (κ1) is 13.6. The molecular weight excluding hydrogens is 231 g/mol. The molecular formula is C8H9ClF3N3. The fraction of sp³-hybridized carbons (Fsp3) is 0.125. The van der Waals surface area contributed by atoms with Gasteiger partial charge in [-0.1, -0.05) is 0 Å². The third kappa shape index (κ3) is 3.67. The summed E-state index contributed by atoms with van der Waals surface area (Å²) in [6.45, 7) is -0.347. The molecule has 0 heterocycles. The van der Waals surface area contributed by atoms with Crippen LogP contribution in [0.2, 0.25) is 0 Å². The molecule has 0 spiro atoms. The normalized spacial score (nSPS) is 9.27. The first-order valence-corrected chi connectivity index (χ1v) is 3.69.